The number of rotatable bonds is 1. The largest absolute Gasteiger partial charge is 0.201 e. The van der Waals surface area contributed by atoms with Crippen LogP contribution in [0.1, 0.15) is 13.8 Å². The Morgan fingerprint density at radius 3 is 1.75 bits per heavy atom. The average Bonchev–Trinajstić information content (AvgIpc) is 1.21. The van der Waals surface area contributed by atoms with Crippen LogP contribution in [0, 0.1) is 0 Å². The molecule has 0 rings (SSSR count). The molecule has 0 heterocycles. The lowest BCUT2D eigenvalue weighted by molar-refractivity contribution is 1.41. The predicted molar refractivity (Wildman–Crippen MR) is 42.4 cm³/mol. The molecule has 0 bridgehead atoms. The summed E-state index contributed by atoms with van der Waals surface area (Å²) in [6, 6.07) is 0. The second kappa shape index (κ2) is 2.61. The van der Waals surface area contributed by atoms with Crippen molar-refractivity contribution in [2.45, 2.75) is 13.8 Å². The Morgan fingerprint density at radius 2 is 1.75 bits per heavy atom. The van der Waals surface area contributed by atoms with Gasteiger partial charge in [-0.1, -0.05) is 0 Å². The first kappa shape index (κ1) is 8.13. The zero-order valence-electron chi connectivity index (χ0n) is 6.10. The first-order chi connectivity index (χ1) is 3.42. The maximum atomic E-state index is 5.77. The van der Waals surface area contributed by atoms with Crippen molar-refractivity contribution in [1.29, 1.82) is 0 Å². The molecule has 2 N–H and O–H groups in total. The van der Waals surface area contributed by atoms with Gasteiger partial charge < -0.3 is 0 Å². The maximum absolute atomic E-state index is 5.77. The zero-order valence-corrected chi connectivity index (χ0v) is 7.00. The first-order valence-corrected chi connectivity index (χ1v) is 5.52. The van der Waals surface area contributed by atoms with Crippen molar-refractivity contribution in [3.8, 4) is 0 Å². The molecule has 0 aliphatic carbocycles. The van der Waals surface area contributed by atoms with Crippen LogP contribution in [-0.2, 0) is 0 Å². The minimum Gasteiger partial charge on any atom is -0.201 e. The van der Waals surface area contributed by atoms with Crippen LogP contribution in [0.3, 0.4) is 0 Å². The normalized spacial score (nSPS) is 11.1. The Labute approximate surface area is 52.4 Å². The molecule has 8 heavy (non-hydrogen) atoms. The number of allylic oxidation sites excluding steroid dienone is 1. The van der Waals surface area contributed by atoms with Crippen LogP contribution in [0.15, 0.2) is 11.4 Å². The number of hydrogen-bond donors (Lipinski definition) is 1. The van der Waals surface area contributed by atoms with Crippen molar-refractivity contribution in [2.75, 3.05) is 13.3 Å². The summed E-state index contributed by atoms with van der Waals surface area (Å²) in [5.74, 6) is 2.16. The van der Waals surface area contributed by atoms with Crippen molar-refractivity contribution in [3.63, 3.8) is 0 Å². The van der Waals surface area contributed by atoms with Gasteiger partial charge in [0.1, 0.15) is 0 Å². The van der Waals surface area contributed by atoms with E-state index < -0.39 is 7.41 Å². The maximum Gasteiger partial charge on any atom is 0.0959 e. The SMILES string of the molecule is CC(C)=C[P+](C)(C)N. The molecular formula is C6H15NP+. The molecule has 0 saturated heterocycles. The second-order valence-corrected chi connectivity index (χ2v) is 6.35. The third-order valence-corrected chi connectivity index (χ3v) is 1.77. The summed E-state index contributed by atoms with van der Waals surface area (Å²) in [6.45, 7) is 8.35. The third kappa shape index (κ3) is 6.13. The minimum absolute atomic E-state index is 1.13. The van der Waals surface area contributed by atoms with E-state index in [-0.39, 0.29) is 0 Å². The van der Waals surface area contributed by atoms with Gasteiger partial charge in [-0.05, 0) is 19.4 Å². The highest BCUT2D eigenvalue weighted by molar-refractivity contribution is 7.75. The van der Waals surface area contributed by atoms with Gasteiger partial charge in [-0.25, -0.2) is 5.50 Å². The molecule has 0 radical (unpaired) electrons. The summed E-state index contributed by atoms with van der Waals surface area (Å²) < 4.78 is 0. The van der Waals surface area contributed by atoms with Gasteiger partial charge in [0.15, 0.2) is 0 Å². The van der Waals surface area contributed by atoms with Gasteiger partial charge in [0.25, 0.3) is 0 Å². The van der Waals surface area contributed by atoms with E-state index in [1.165, 1.54) is 5.57 Å². The zero-order chi connectivity index (χ0) is 6.78. The third-order valence-electron chi connectivity index (χ3n) is 0.591. The molecule has 2 heteroatoms. The Bertz CT molecular complexity index is 95.6. The highest BCUT2D eigenvalue weighted by Crippen LogP contribution is 2.43. The van der Waals surface area contributed by atoms with Crippen molar-refractivity contribution in [2.24, 2.45) is 5.50 Å². The second-order valence-electron chi connectivity index (χ2n) is 2.84. The molecule has 0 amide bonds. The summed E-state index contributed by atoms with van der Waals surface area (Å²) in [7, 11) is -1.13. The van der Waals surface area contributed by atoms with Crippen LogP contribution in [0.25, 0.3) is 0 Å². The first-order valence-electron chi connectivity index (χ1n) is 2.70. The van der Waals surface area contributed by atoms with Crippen LogP contribution in [0.2, 0.25) is 0 Å². The quantitative estimate of drug-likeness (QED) is 0.543. The van der Waals surface area contributed by atoms with E-state index in [1.54, 1.807) is 0 Å². The van der Waals surface area contributed by atoms with E-state index in [0.29, 0.717) is 0 Å². The molecule has 1 nitrogen and oxygen atoms in total. The standard InChI is InChI=1S/C6H15NP/c1-6(2)5-8(3,4)7/h5H,7H2,1-4H3/q+1. The fourth-order valence-electron chi connectivity index (χ4n) is 0.665. The highest BCUT2D eigenvalue weighted by Gasteiger charge is 2.12. The van der Waals surface area contributed by atoms with Crippen LogP contribution < -0.4 is 5.50 Å². The van der Waals surface area contributed by atoms with Gasteiger partial charge in [-0.2, -0.15) is 0 Å². The average molecular weight is 132 g/mol. The van der Waals surface area contributed by atoms with Crippen molar-refractivity contribution >= 4 is 7.41 Å². The van der Waals surface area contributed by atoms with Crippen LogP contribution >= 0.6 is 7.41 Å². The highest BCUT2D eigenvalue weighted by atomic mass is 31.2. The molecule has 48 valence electrons. The van der Waals surface area contributed by atoms with Gasteiger partial charge in [0.2, 0.25) is 0 Å². The molecule has 0 aromatic carbocycles. The lowest BCUT2D eigenvalue weighted by atomic mass is 10.4. The molecule has 0 aliphatic rings. The molecule has 0 atom stereocenters. The van der Waals surface area contributed by atoms with E-state index in [0.717, 1.165) is 0 Å². The summed E-state index contributed by atoms with van der Waals surface area (Å²) in [4.78, 5) is 0. The summed E-state index contributed by atoms with van der Waals surface area (Å²) in [5.41, 5.74) is 7.10. The van der Waals surface area contributed by atoms with Gasteiger partial charge in [0.05, 0.1) is 26.6 Å². The van der Waals surface area contributed by atoms with Gasteiger partial charge in [-0.15, -0.1) is 0 Å². The predicted octanol–water partition coefficient (Wildman–Crippen LogP) is 2.06. The Kier molecular flexibility index (Phi) is 2.65. The molecule has 0 saturated carbocycles. The van der Waals surface area contributed by atoms with Crippen molar-refractivity contribution in [3.05, 3.63) is 11.4 Å². The van der Waals surface area contributed by atoms with Crippen molar-refractivity contribution < 1.29 is 0 Å². The lowest BCUT2D eigenvalue weighted by Gasteiger charge is -2.03. The summed E-state index contributed by atoms with van der Waals surface area (Å²) >= 11 is 0. The van der Waals surface area contributed by atoms with Crippen LogP contribution in [0.5, 0.6) is 0 Å². The summed E-state index contributed by atoms with van der Waals surface area (Å²) in [6.07, 6.45) is 0. The molecule has 0 fully saturated rings. The van der Waals surface area contributed by atoms with Crippen LogP contribution in [0.4, 0.5) is 0 Å². The van der Waals surface area contributed by atoms with Crippen molar-refractivity contribution in [1.82, 2.24) is 0 Å². The number of hydrogen-bond acceptors (Lipinski definition) is 1. The van der Waals surface area contributed by atoms with E-state index in [2.05, 4.69) is 33.0 Å². The smallest absolute Gasteiger partial charge is 0.0959 e. The van der Waals surface area contributed by atoms with E-state index >= 15 is 0 Å². The number of nitrogens with two attached hydrogens (primary N) is 1. The fraction of sp³-hybridized carbons (Fsp3) is 0.667. The van der Waals surface area contributed by atoms with E-state index in [1.807, 2.05) is 0 Å². The Balaban J connectivity index is 3.89. The topological polar surface area (TPSA) is 26.0 Å². The van der Waals surface area contributed by atoms with Crippen LogP contribution in [-0.4, -0.2) is 13.3 Å². The Morgan fingerprint density at radius 1 is 1.38 bits per heavy atom. The fourth-order valence-corrected chi connectivity index (χ4v) is 2.00. The molecule has 0 spiro atoms. The summed E-state index contributed by atoms with van der Waals surface area (Å²) in [5, 5.41) is 0. The van der Waals surface area contributed by atoms with Gasteiger partial charge in [0, 0.05) is 0 Å². The monoisotopic (exact) mass is 132 g/mol. The lowest BCUT2D eigenvalue weighted by Crippen LogP contribution is -1.95. The Hall–Kier alpha value is 0.130. The molecule has 0 unspecified atom stereocenters. The van der Waals surface area contributed by atoms with Gasteiger partial charge >= 0.3 is 0 Å². The molecular weight excluding hydrogens is 117 g/mol. The van der Waals surface area contributed by atoms with E-state index in [9.17, 15) is 0 Å². The molecule has 0 aliphatic heterocycles. The van der Waals surface area contributed by atoms with E-state index in [4.69, 9.17) is 5.50 Å². The molecule has 0 aromatic heterocycles. The minimum atomic E-state index is -1.13. The van der Waals surface area contributed by atoms with Gasteiger partial charge in [-0.3, -0.25) is 0 Å². The molecule has 0 aromatic rings.